The summed E-state index contributed by atoms with van der Waals surface area (Å²) in [6, 6.07) is 9.48. The third-order valence-corrected chi connectivity index (χ3v) is 3.73. The summed E-state index contributed by atoms with van der Waals surface area (Å²) in [4.78, 5) is 23.2. The smallest absolute Gasteiger partial charge is 0.325 e. The molecular formula is C20H29NO3. The predicted octanol–water partition coefficient (Wildman–Crippen LogP) is 4.15. The van der Waals surface area contributed by atoms with Crippen molar-refractivity contribution in [1.29, 1.82) is 0 Å². The fourth-order valence-corrected chi connectivity index (χ4v) is 2.33. The van der Waals surface area contributed by atoms with Crippen LogP contribution in [-0.4, -0.2) is 18.4 Å². The van der Waals surface area contributed by atoms with E-state index in [0.29, 0.717) is 6.42 Å². The van der Waals surface area contributed by atoms with Crippen LogP contribution in [-0.2, 0) is 20.9 Å². The van der Waals surface area contributed by atoms with Gasteiger partial charge in [0.1, 0.15) is 13.2 Å². The molecule has 4 nitrogen and oxygen atoms in total. The summed E-state index contributed by atoms with van der Waals surface area (Å²) >= 11 is 0. The molecule has 0 aliphatic rings. The van der Waals surface area contributed by atoms with Gasteiger partial charge in [-0.3, -0.25) is 9.59 Å². The van der Waals surface area contributed by atoms with E-state index in [1.54, 1.807) is 0 Å². The van der Waals surface area contributed by atoms with Gasteiger partial charge >= 0.3 is 5.97 Å². The van der Waals surface area contributed by atoms with Crippen LogP contribution >= 0.6 is 0 Å². The SMILES string of the molecule is C=CCCCCCCCCC(=O)NCC(=O)OCc1ccccc1. The molecule has 0 saturated heterocycles. The Morgan fingerprint density at radius 3 is 2.38 bits per heavy atom. The third kappa shape index (κ3) is 10.6. The summed E-state index contributed by atoms with van der Waals surface area (Å²) in [7, 11) is 0. The number of allylic oxidation sites excluding steroid dienone is 1. The molecule has 1 aromatic carbocycles. The van der Waals surface area contributed by atoms with E-state index in [0.717, 1.165) is 31.2 Å². The number of nitrogens with one attached hydrogen (secondary N) is 1. The molecule has 1 amide bonds. The monoisotopic (exact) mass is 331 g/mol. The molecule has 0 saturated carbocycles. The van der Waals surface area contributed by atoms with E-state index in [4.69, 9.17) is 4.74 Å². The van der Waals surface area contributed by atoms with Crippen LogP contribution in [0.2, 0.25) is 0 Å². The van der Waals surface area contributed by atoms with E-state index in [1.807, 2.05) is 36.4 Å². The van der Waals surface area contributed by atoms with Gasteiger partial charge in [-0.05, 0) is 24.8 Å². The van der Waals surface area contributed by atoms with Crippen LogP contribution in [0.25, 0.3) is 0 Å². The summed E-state index contributed by atoms with van der Waals surface area (Å²) in [5.41, 5.74) is 0.935. The summed E-state index contributed by atoms with van der Waals surface area (Å²) in [6.45, 7) is 3.88. The normalized spacial score (nSPS) is 10.2. The molecule has 0 atom stereocenters. The Kier molecular flexibility index (Phi) is 11.1. The Bertz CT molecular complexity index is 485. The summed E-state index contributed by atoms with van der Waals surface area (Å²) in [5, 5.41) is 2.61. The molecule has 0 spiro atoms. The van der Waals surface area contributed by atoms with Crippen LogP contribution in [0.3, 0.4) is 0 Å². The maximum atomic E-state index is 11.7. The highest BCUT2D eigenvalue weighted by Gasteiger charge is 2.06. The van der Waals surface area contributed by atoms with Crippen LogP contribution in [0.1, 0.15) is 56.9 Å². The number of hydrogen-bond acceptors (Lipinski definition) is 3. The first-order valence-electron chi connectivity index (χ1n) is 8.79. The standard InChI is InChI=1S/C20H29NO3/c1-2-3-4-5-6-7-8-12-15-19(22)21-16-20(23)24-17-18-13-10-9-11-14-18/h2,9-11,13-14H,1,3-8,12,15-17H2,(H,21,22). The van der Waals surface area contributed by atoms with Gasteiger partial charge in [0.25, 0.3) is 0 Å². The first-order valence-corrected chi connectivity index (χ1v) is 8.79. The number of hydrogen-bond donors (Lipinski definition) is 1. The molecule has 0 aliphatic carbocycles. The minimum absolute atomic E-state index is 0.0623. The topological polar surface area (TPSA) is 55.4 Å². The van der Waals surface area contributed by atoms with Crippen molar-refractivity contribution in [3.05, 3.63) is 48.6 Å². The average Bonchev–Trinajstić information content (AvgIpc) is 2.61. The van der Waals surface area contributed by atoms with E-state index in [-0.39, 0.29) is 19.1 Å². The van der Waals surface area contributed by atoms with Gasteiger partial charge in [-0.15, -0.1) is 6.58 Å². The van der Waals surface area contributed by atoms with Crippen molar-refractivity contribution >= 4 is 11.9 Å². The molecule has 0 bridgehead atoms. The van der Waals surface area contributed by atoms with Gasteiger partial charge in [0.15, 0.2) is 0 Å². The number of ether oxygens (including phenoxy) is 1. The van der Waals surface area contributed by atoms with Crippen molar-refractivity contribution in [2.45, 2.75) is 58.0 Å². The second-order valence-corrected chi connectivity index (χ2v) is 5.87. The number of esters is 1. The number of carbonyl (C=O) groups is 2. The molecule has 1 N–H and O–H groups in total. The largest absolute Gasteiger partial charge is 0.460 e. The minimum atomic E-state index is -0.408. The lowest BCUT2D eigenvalue weighted by molar-refractivity contribution is -0.145. The summed E-state index contributed by atoms with van der Waals surface area (Å²) in [6.07, 6.45) is 10.2. The molecule has 132 valence electrons. The van der Waals surface area contributed by atoms with Gasteiger partial charge in [-0.1, -0.05) is 62.1 Å². The molecule has 0 heterocycles. The van der Waals surface area contributed by atoms with Crippen molar-refractivity contribution in [3.8, 4) is 0 Å². The summed E-state index contributed by atoms with van der Waals surface area (Å²) < 4.78 is 5.11. The lowest BCUT2D eigenvalue weighted by Crippen LogP contribution is -2.30. The van der Waals surface area contributed by atoms with Crippen LogP contribution in [0.4, 0.5) is 0 Å². The molecule has 4 heteroatoms. The van der Waals surface area contributed by atoms with E-state index in [9.17, 15) is 9.59 Å². The number of unbranched alkanes of at least 4 members (excludes halogenated alkanes) is 6. The number of carbonyl (C=O) groups excluding carboxylic acids is 2. The van der Waals surface area contributed by atoms with Gasteiger partial charge < -0.3 is 10.1 Å². The Labute approximate surface area is 145 Å². The van der Waals surface area contributed by atoms with E-state index >= 15 is 0 Å². The lowest BCUT2D eigenvalue weighted by atomic mass is 10.1. The van der Waals surface area contributed by atoms with E-state index < -0.39 is 5.97 Å². The lowest BCUT2D eigenvalue weighted by Gasteiger charge is -2.07. The van der Waals surface area contributed by atoms with E-state index in [1.165, 1.54) is 19.3 Å². The molecule has 0 aliphatic heterocycles. The maximum Gasteiger partial charge on any atom is 0.325 e. The van der Waals surface area contributed by atoms with Gasteiger partial charge in [-0.2, -0.15) is 0 Å². The number of benzene rings is 1. The highest BCUT2D eigenvalue weighted by atomic mass is 16.5. The van der Waals surface area contributed by atoms with Crippen molar-refractivity contribution in [2.24, 2.45) is 0 Å². The molecule has 0 aromatic heterocycles. The molecule has 0 unspecified atom stereocenters. The zero-order valence-electron chi connectivity index (χ0n) is 14.5. The van der Waals surface area contributed by atoms with Crippen molar-refractivity contribution < 1.29 is 14.3 Å². The Hall–Kier alpha value is -2.10. The fraction of sp³-hybridized carbons (Fsp3) is 0.500. The zero-order valence-corrected chi connectivity index (χ0v) is 14.5. The Morgan fingerprint density at radius 2 is 1.67 bits per heavy atom. The van der Waals surface area contributed by atoms with Crippen molar-refractivity contribution in [3.63, 3.8) is 0 Å². The highest BCUT2D eigenvalue weighted by molar-refractivity contribution is 5.81. The minimum Gasteiger partial charge on any atom is -0.460 e. The van der Waals surface area contributed by atoms with Gasteiger partial charge in [0.05, 0.1) is 0 Å². The van der Waals surface area contributed by atoms with E-state index in [2.05, 4.69) is 11.9 Å². The van der Waals surface area contributed by atoms with Crippen molar-refractivity contribution in [1.82, 2.24) is 5.32 Å². The van der Waals surface area contributed by atoms with Crippen molar-refractivity contribution in [2.75, 3.05) is 6.54 Å². The molecule has 0 radical (unpaired) electrons. The third-order valence-electron chi connectivity index (χ3n) is 3.73. The van der Waals surface area contributed by atoms with Gasteiger partial charge in [0, 0.05) is 6.42 Å². The molecule has 1 aromatic rings. The second kappa shape index (κ2) is 13.3. The number of rotatable bonds is 13. The van der Waals surface area contributed by atoms with Crippen LogP contribution in [0.15, 0.2) is 43.0 Å². The first kappa shape index (κ1) is 19.9. The van der Waals surface area contributed by atoms with Crippen LogP contribution < -0.4 is 5.32 Å². The predicted molar refractivity (Wildman–Crippen MR) is 96.4 cm³/mol. The van der Waals surface area contributed by atoms with Gasteiger partial charge in [0.2, 0.25) is 5.91 Å². The highest BCUT2D eigenvalue weighted by Crippen LogP contribution is 2.08. The van der Waals surface area contributed by atoms with Gasteiger partial charge in [-0.25, -0.2) is 0 Å². The Balaban J connectivity index is 1.97. The second-order valence-electron chi connectivity index (χ2n) is 5.87. The number of amides is 1. The fourth-order valence-electron chi connectivity index (χ4n) is 2.33. The molecule has 24 heavy (non-hydrogen) atoms. The zero-order chi connectivity index (χ0) is 17.5. The maximum absolute atomic E-state index is 11.7. The van der Waals surface area contributed by atoms with Crippen LogP contribution in [0.5, 0.6) is 0 Å². The average molecular weight is 331 g/mol. The molecule has 0 fully saturated rings. The summed E-state index contributed by atoms with van der Waals surface area (Å²) in [5.74, 6) is -0.493. The quantitative estimate of drug-likeness (QED) is 0.335. The molecule has 1 rings (SSSR count). The first-order chi connectivity index (χ1) is 11.7. The molecular weight excluding hydrogens is 302 g/mol. The Morgan fingerprint density at radius 1 is 1.00 bits per heavy atom. The van der Waals surface area contributed by atoms with Crippen LogP contribution in [0, 0.1) is 0 Å².